The molecule has 1 aliphatic carbocycles. The standard InChI is InChI=1S/C14H22N4S/c1-10-12(8-16-18(10)2)7-15-14-17-13-6-4-3-5-11(13)9-19-14/h8,11,13H,3-7,9H2,1-2H3,(H,15,17). The topological polar surface area (TPSA) is 42.2 Å². The molecule has 3 rings (SSSR count). The van der Waals surface area contributed by atoms with Crippen LogP contribution in [0.25, 0.3) is 0 Å². The van der Waals surface area contributed by atoms with Crippen LogP contribution in [0.4, 0.5) is 0 Å². The van der Waals surface area contributed by atoms with E-state index >= 15 is 0 Å². The lowest BCUT2D eigenvalue weighted by Crippen LogP contribution is -2.46. The van der Waals surface area contributed by atoms with Gasteiger partial charge >= 0.3 is 0 Å². The van der Waals surface area contributed by atoms with Crippen LogP contribution in [0, 0.1) is 12.8 Å². The highest BCUT2D eigenvalue weighted by molar-refractivity contribution is 8.13. The SMILES string of the molecule is Cc1c(CN=C2NC3CCCCC3CS2)cnn1C. The molecule has 1 aromatic rings. The molecule has 19 heavy (non-hydrogen) atoms. The van der Waals surface area contributed by atoms with Crippen LogP contribution in [0.2, 0.25) is 0 Å². The molecular weight excluding hydrogens is 256 g/mol. The van der Waals surface area contributed by atoms with Crippen molar-refractivity contribution in [3.63, 3.8) is 0 Å². The molecule has 0 amide bonds. The largest absolute Gasteiger partial charge is 0.362 e. The fourth-order valence-corrected chi connectivity index (χ4v) is 4.09. The van der Waals surface area contributed by atoms with Crippen molar-refractivity contribution in [1.29, 1.82) is 0 Å². The third-order valence-corrected chi connectivity index (χ3v) is 5.50. The first-order chi connectivity index (χ1) is 9.24. The van der Waals surface area contributed by atoms with Crippen LogP contribution in [0.3, 0.4) is 0 Å². The van der Waals surface area contributed by atoms with E-state index in [4.69, 9.17) is 4.99 Å². The van der Waals surface area contributed by atoms with Crippen LogP contribution in [-0.2, 0) is 13.6 Å². The molecule has 2 aliphatic rings. The number of aryl methyl sites for hydroxylation is 1. The Morgan fingerprint density at radius 2 is 2.32 bits per heavy atom. The molecule has 2 fully saturated rings. The average molecular weight is 278 g/mol. The number of nitrogens with one attached hydrogen (secondary N) is 1. The van der Waals surface area contributed by atoms with E-state index in [1.165, 1.54) is 42.7 Å². The summed E-state index contributed by atoms with van der Waals surface area (Å²) in [5, 5.41) is 9.03. The van der Waals surface area contributed by atoms with Crippen molar-refractivity contribution < 1.29 is 0 Å². The molecular formula is C14H22N4S. The fourth-order valence-electron chi connectivity index (χ4n) is 2.93. The third-order valence-electron chi connectivity index (χ3n) is 4.38. The number of aromatic nitrogens is 2. The van der Waals surface area contributed by atoms with Crippen molar-refractivity contribution in [3.05, 3.63) is 17.5 Å². The van der Waals surface area contributed by atoms with Gasteiger partial charge in [-0.2, -0.15) is 5.10 Å². The monoisotopic (exact) mass is 278 g/mol. The Hall–Kier alpha value is -0.970. The second kappa shape index (κ2) is 5.57. The quantitative estimate of drug-likeness (QED) is 0.903. The molecule has 1 N–H and O–H groups in total. The lowest BCUT2D eigenvalue weighted by Gasteiger charge is -2.36. The summed E-state index contributed by atoms with van der Waals surface area (Å²) in [6.45, 7) is 2.84. The highest BCUT2D eigenvalue weighted by atomic mass is 32.2. The molecule has 1 aromatic heterocycles. The molecule has 2 heterocycles. The molecule has 1 aliphatic heterocycles. The minimum atomic E-state index is 0.670. The van der Waals surface area contributed by atoms with Gasteiger partial charge < -0.3 is 5.32 Å². The molecule has 104 valence electrons. The van der Waals surface area contributed by atoms with Gasteiger partial charge in [0.2, 0.25) is 0 Å². The predicted molar refractivity (Wildman–Crippen MR) is 80.4 cm³/mol. The number of rotatable bonds is 2. The van der Waals surface area contributed by atoms with Crippen molar-refractivity contribution in [2.24, 2.45) is 18.0 Å². The molecule has 0 aromatic carbocycles. The number of hydrogen-bond donors (Lipinski definition) is 1. The zero-order chi connectivity index (χ0) is 13.2. The van der Waals surface area contributed by atoms with Gasteiger partial charge in [-0.05, 0) is 25.7 Å². The summed E-state index contributed by atoms with van der Waals surface area (Å²) in [5.74, 6) is 2.10. The summed E-state index contributed by atoms with van der Waals surface area (Å²) < 4.78 is 1.91. The minimum Gasteiger partial charge on any atom is -0.362 e. The van der Waals surface area contributed by atoms with Gasteiger partial charge in [0, 0.05) is 30.1 Å². The highest BCUT2D eigenvalue weighted by Crippen LogP contribution is 2.31. The Morgan fingerprint density at radius 1 is 1.47 bits per heavy atom. The van der Waals surface area contributed by atoms with Crippen molar-refractivity contribution in [2.75, 3.05) is 5.75 Å². The minimum absolute atomic E-state index is 0.670. The summed E-state index contributed by atoms with van der Waals surface area (Å²) >= 11 is 1.89. The first-order valence-electron chi connectivity index (χ1n) is 7.15. The molecule has 0 radical (unpaired) electrons. The second-order valence-electron chi connectivity index (χ2n) is 5.61. The van der Waals surface area contributed by atoms with Crippen molar-refractivity contribution in [3.8, 4) is 0 Å². The van der Waals surface area contributed by atoms with E-state index in [9.17, 15) is 0 Å². The fraction of sp³-hybridized carbons (Fsp3) is 0.714. The molecule has 5 heteroatoms. The Labute approximate surface area is 119 Å². The van der Waals surface area contributed by atoms with Crippen LogP contribution in [0.1, 0.15) is 36.9 Å². The van der Waals surface area contributed by atoms with Gasteiger partial charge in [-0.15, -0.1) is 0 Å². The zero-order valence-corrected chi connectivity index (χ0v) is 12.5. The summed E-state index contributed by atoms with van der Waals surface area (Å²) in [6, 6.07) is 0.670. The van der Waals surface area contributed by atoms with Gasteiger partial charge in [0.1, 0.15) is 0 Å². The number of nitrogens with zero attached hydrogens (tertiary/aromatic N) is 3. The Kier molecular flexibility index (Phi) is 3.82. The maximum absolute atomic E-state index is 4.73. The number of aliphatic imine (C=N–C) groups is 1. The smallest absolute Gasteiger partial charge is 0.157 e. The first-order valence-corrected chi connectivity index (χ1v) is 8.14. The van der Waals surface area contributed by atoms with E-state index in [1.54, 1.807) is 0 Å². The Morgan fingerprint density at radius 3 is 3.11 bits per heavy atom. The first kappa shape index (κ1) is 13.0. The van der Waals surface area contributed by atoms with Crippen LogP contribution in [0.15, 0.2) is 11.2 Å². The van der Waals surface area contributed by atoms with Gasteiger partial charge in [0.25, 0.3) is 0 Å². The van der Waals surface area contributed by atoms with Crippen molar-refractivity contribution in [2.45, 2.75) is 45.2 Å². The predicted octanol–water partition coefficient (Wildman–Crippen LogP) is 2.48. The van der Waals surface area contributed by atoms with Gasteiger partial charge in [-0.25, -0.2) is 0 Å². The molecule has 2 atom stereocenters. The van der Waals surface area contributed by atoms with E-state index < -0.39 is 0 Å². The average Bonchev–Trinajstić information content (AvgIpc) is 2.76. The van der Waals surface area contributed by atoms with E-state index in [0.717, 1.165) is 17.6 Å². The summed E-state index contributed by atoms with van der Waals surface area (Å²) in [4.78, 5) is 4.73. The molecule has 1 saturated heterocycles. The van der Waals surface area contributed by atoms with Crippen LogP contribution >= 0.6 is 11.8 Å². The highest BCUT2D eigenvalue weighted by Gasteiger charge is 2.30. The summed E-state index contributed by atoms with van der Waals surface area (Å²) in [7, 11) is 1.98. The molecule has 0 spiro atoms. The summed E-state index contributed by atoms with van der Waals surface area (Å²) in [6.07, 6.45) is 7.41. The lowest BCUT2D eigenvalue weighted by atomic mass is 9.86. The van der Waals surface area contributed by atoms with Crippen LogP contribution < -0.4 is 5.32 Å². The van der Waals surface area contributed by atoms with E-state index in [2.05, 4.69) is 17.3 Å². The van der Waals surface area contributed by atoms with Gasteiger partial charge in [0.15, 0.2) is 5.17 Å². The zero-order valence-electron chi connectivity index (χ0n) is 11.7. The molecule has 0 bridgehead atoms. The van der Waals surface area contributed by atoms with E-state index in [0.29, 0.717) is 6.04 Å². The van der Waals surface area contributed by atoms with Gasteiger partial charge in [0.05, 0.1) is 12.7 Å². The number of fused-ring (bicyclic) bond motifs is 1. The van der Waals surface area contributed by atoms with E-state index in [1.807, 2.05) is 29.7 Å². The van der Waals surface area contributed by atoms with Crippen molar-refractivity contribution in [1.82, 2.24) is 15.1 Å². The number of hydrogen-bond acceptors (Lipinski definition) is 3. The van der Waals surface area contributed by atoms with Gasteiger partial charge in [-0.3, -0.25) is 9.67 Å². The molecule has 4 nitrogen and oxygen atoms in total. The van der Waals surface area contributed by atoms with Crippen LogP contribution in [-0.4, -0.2) is 26.7 Å². The van der Waals surface area contributed by atoms with E-state index in [-0.39, 0.29) is 0 Å². The summed E-state index contributed by atoms with van der Waals surface area (Å²) in [5.41, 5.74) is 2.43. The Balaban J connectivity index is 1.63. The normalized spacial score (nSPS) is 29.1. The lowest BCUT2D eigenvalue weighted by molar-refractivity contribution is 0.311. The number of thioether (sulfide) groups is 1. The van der Waals surface area contributed by atoms with Gasteiger partial charge in [-0.1, -0.05) is 24.6 Å². The maximum atomic E-state index is 4.73. The van der Waals surface area contributed by atoms with Crippen LogP contribution in [0.5, 0.6) is 0 Å². The second-order valence-corrected chi connectivity index (χ2v) is 6.62. The maximum Gasteiger partial charge on any atom is 0.157 e. The number of amidine groups is 1. The van der Waals surface area contributed by atoms with Crippen molar-refractivity contribution >= 4 is 16.9 Å². The third kappa shape index (κ3) is 2.81. The Bertz CT molecular complexity index is 480. The molecule has 2 unspecified atom stereocenters. The molecule has 1 saturated carbocycles.